The minimum absolute atomic E-state index is 0.0394. The minimum Gasteiger partial charge on any atom is -0.442 e. The first-order chi connectivity index (χ1) is 6.59. The summed E-state index contributed by atoms with van der Waals surface area (Å²) < 4.78 is 5.02. The number of carbonyl (C=O) groups excluding carboxylic acids is 1. The van der Waals surface area contributed by atoms with Crippen LogP contribution in [0.3, 0.4) is 0 Å². The number of rotatable bonds is 5. The van der Waals surface area contributed by atoms with Crippen LogP contribution in [0.2, 0.25) is 5.22 Å². The highest BCUT2D eigenvalue weighted by Gasteiger charge is 2.10. The Bertz CT molecular complexity index is 302. The predicted octanol–water partition coefficient (Wildman–Crippen LogP) is 3.94. The van der Waals surface area contributed by atoms with Crippen LogP contribution in [-0.4, -0.2) is 5.78 Å². The summed E-state index contributed by atoms with van der Waals surface area (Å²) in [7, 11) is 0. The van der Waals surface area contributed by atoms with Gasteiger partial charge in [0.15, 0.2) is 16.8 Å². The first-order valence-corrected chi connectivity index (χ1v) is 5.26. The van der Waals surface area contributed by atoms with Gasteiger partial charge in [-0.25, -0.2) is 0 Å². The molecule has 0 aliphatic carbocycles. The SMILES string of the molecule is CC(C)CCCC(=O)c1ccc(Cl)o1. The van der Waals surface area contributed by atoms with Crippen molar-refractivity contribution in [1.29, 1.82) is 0 Å². The van der Waals surface area contributed by atoms with Crippen LogP contribution in [0.15, 0.2) is 16.5 Å². The van der Waals surface area contributed by atoms with Crippen molar-refractivity contribution in [2.75, 3.05) is 0 Å². The van der Waals surface area contributed by atoms with Crippen LogP contribution in [0.5, 0.6) is 0 Å². The molecule has 0 atom stereocenters. The van der Waals surface area contributed by atoms with Crippen LogP contribution in [0.4, 0.5) is 0 Å². The summed E-state index contributed by atoms with van der Waals surface area (Å²) in [6.07, 6.45) is 2.52. The summed E-state index contributed by atoms with van der Waals surface area (Å²) in [6, 6.07) is 3.22. The molecule has 0 aliphatic heterocycles. The van der Waals surface area contributed by atoms with Crippen molar-refractivity contribution in [2.24, 2.45) is 5.92 Å². The first kappa shape index (κ1) is 11.3. The van der Waals surface area contributed by atoms with E-state index in [9.17, 15) is 4.79 Å². The molecule has 0 spiro atoms. The number of halogens is 1. The Labute approximate surface area is 89.2 Å². The predicted molar refractivity (Wildman–Crippen MR) is 56.7 cm³/mol. The van der Waals surface area contributed by atoms with E-state index in [1.54, 1.807) is 12.1 Å². The third-order valence-corrected chi connectivity index (χ3v) is 2.24. The molecule has 2 nitrogen and oxygen atoms in total. The highest BCUT2D eigenvalue weighted by Crippen LogP contribution is 2.16. The lowest BCUT2D eigenvalue weighted by molar-refractivity contribution is 0.0951. The molecule has 0 bridgehead atoms. The fourth-order valence-corrected chi connectivity index (χ4v) is 1.40. The van der Waals surface area contributed by atoms with E-state index in [1.807, 2.05) is 0 Å². The molecule has 0 aliphatic rings. The average molecular weight is 215 g/mol. The molecule has 1 rings (SSSR count). The summed E-state index contributed by atoms with van der Waals surface area (Å²) in [5.41, 5.74) is 0. The third-order valence-electron chi connectivity index (χ3n) is 2.03. The van der Waals surface area contributed by atoms with E-state index in [0.29, 0.717) is 18.1 Å². The second kappa shape index (κ2) is 5.20. The summed E-state index contributed by atoms with van der Waals surface area (Å²) in [5, 5.41) is 0.275. The third kappa shape index (κ3) is 3.54. The van der Waals surface area contributed by atoms with Crippen molar-refractivity contribution in [3.05, 3.63) is 23.1 Å². The van der Waals surface area contributed by atoms with E-state index >= 15 is 0 Å². The normalized spacial score (nSPS) is 10.9. The molecule has 0 saturated carbocycles. The maximum atomic E-state index is 11.5. The van der Waals surface area contributed by atoms with Gasteiger partial charge in [0.2, 0.25) is 0 Å². The molecule has 0 aromatic carbocycles. The van der Waals surface area contributed by atoms with Gasteiger partial charge in [0.05, 0.1) is 0 Å². The molecule has 3 heteroatoms. The van der Waals surface area contributed by atoms with Gasteiger partial charge in [0.25, 0.3) is 0 Å². The van der Waals surface area contributed by atoms with Crippen molar-refractivity contribution >= 4 is 17.4 Å². The maximum Gasteiger partial charge on any atom is 0.198 e. The zero-order valence-corrected chi connectivity index (χ0v) is 9.30. The van der Waals surface area contributed by atoms with E-state index in [2.05, 4.69) is 13.8 Å². The van der Waals surface area contributed by atoms with Crippen LogP contribution in [-0.2, 0) is 0 Å². The average Bonchev–Trinajstić information content (AvgIpc) is 2.51. The van der Waals surface area contributed by atoms with Crippen molar-refractivity contribution in [1.82, 2.24) is 0 Å². The fraction of sp³-hybridized carbons (Fsp3) is 0.545. The second-order valence-corrected chi connectivity index (χ2v) is 4.19. The highest BCUT2D eigenvalue weighted by atomic mass is 35.5. The molecule has 1 aromatic heterocycles. The maximum absolute atomic E-state index is 11.5. The Morgan fingerprint density at radius 1 is 1.50 bits per heavy atom. The standard InChI is InChI=1S/C11H15ClO2/c1-8(2)4-3-5-9(13)10-6-7-11(12)14-10/h6-8H,3-5H2,1-2H3. The van der Waals surface area contributed by atoms with Gasteiger partial charge in [-0.3, -0.25) is 4.79 Å². The molecular formula is C11H15ClO2. The Kier molecular flexibility index (Phi) is 4.21. The van der Waals surface area contributed by atoms with Crippen molar-refractivity contribution in [3.63, 3.8) is 0 Å². The van der Waals surface area contributed by atoms with Crippen molar-refractivity contribution in [3.8, 4) is 0 Å². The Hall–Kier alpha value is -0.760. The number of ketones is 1. The topological polar surface area (TPSA) is 30.2 Å². The van der Waals surface area contributed by atoms with Gasteiger partial charge >= 0.3 is 0 Å². The Balaban J connectivity index is 2.36. The van der Waals surface area contributed by atoms with Gasteiger partial charge in [-0.2, -0.15) is 0 Å². The molecule has 78 valence electrons. The molecular weight excluding hydrogens is 200 g/mol. The largest absolute Gasteiger partial charge is 0.442 e. The van der Waals surface area contributed by atoms with Crippen LogP contribution in [0.25, 0.3) is 0 Å². The van der Waals surface area contributed by atoms with Gasteiger partial charge in [-0.15, -0.1) is 0 Å². The van der Waals surface area contributed by atoms with Gasteiger partial charge in [0, 0.05) is 6.42 Å². The fourth-order valence-electron chi connectivity index (χ4n) is 1.26. The Morgan fingerprint density at radius 3 is 2.71 bits per heavy atom. The van der Waals surface area contributed by atoms with Gasteiger partial charge in [-0.05, 0) is 36.1 Å². The second-order valence-electron chi connectivity index (χ2n) is 3.81. The zero-order valence-electron chi connectivity index (χ0n) is 8.55. The number of Topliss-reactive ketones (excluding diaryl/α,β-unsaturated/α-hetero) is 1. The first-order valence-electron chi connectivity index (χ1n) is 4.88. The van der Waals surface area contributed by atoms with E-state index in [0.717, 1.165) is 12.8 Å². The van der Waals surface area contributed by atoms with E-state index in [4.69, 9.17) is 16.0 Å². The molecule has 0 saturated heterocycles. The number of carbonyl (C=O) groups is 1. The van der Waals surface area contributed by atoms with Crippen LogP contribution in [0, 0.1) is 5.92 Å². The van der Waals surface area contributed by atoms with Crippen molar-refractivity contribution < 1.29 is 9.21 Å². The van der Waals surface area contributed by atoms with Crippen LogP contribution < -0.4 is 0 Å². The molecule has 0 unspecified atom stereocenters. The summed E-state index contributed by atoms with van der Waals surface area (Å²) in [4.78, 5) is 11.5. The number of furan rings is 1. The van der Waals surface area contributed by atoms with E-state index < -0.39 is 0 Å². The lowest BCUT2D eigenvalue weighted by Crippen LogP contribution is -1.98. The van der Waals surface area contributed by atoms with E-state index in [-0.39, 0.29) is 11.0 Å². The molecule has 1 aromatic rings. The van der Waals surface area contributed by atoms with E-state index in [1.165, 1.54) is 0 Å². The molecule has 1 heterocycles. The summed E-state index contributed by atoms with van der Waals surface area (Å²) >= 11 is 5.57. The van der Waals surface area contributed by atoms with Gasteiger partial charge in [0.1, 0.15) is 0 Å². The lowest BCUT2D eigenvalue weighted by Gasteiger charge is -2.01. The molecule has 0 N–H and O–H groups in total. The quantitative estimate of drug-likeness (QED) is 0.695. The molecule has 14 heavy (non-hydrogen) atoms. The summed E-state index contributed by atoms with van der Waals surface area (Å²) in [5.74, 6) is 1.05. The van der Waals surface area contributed by atoms with Crippen LogP contribution in [0.1, 0.15) is 43.7 Å². The molecule has 0 amide bonds. The summed E-state index contributed by atoms with van der Waals surface area (Å²) in [6.45, 7) is 4.29. The number of hydrogen-bond acceptors (Lipinski definition) is 2. The number of hydrogen-bond donors (Lipinski definition) is 0. The van der Waals surface area contributed by atoms with Gasteiger partial charge in [-0.1, -0.05) is 20.3 Å². The smallest absolute Gasteiger partial charge is 0.198 e. The molecule has 0 radical (unpaired) electrons. The monoisotopic (exact) mass is 214 g/mol. The zero-order chi connectivity index (χ0) is 10.6. The van der Waals surface area contributed by atoms with Gasteiger partial charge < -0.3 is 4.42 Å². The van der Waals surface area contributed by atoms with Crippen LogP contribution >= 0.6 is 11.6 Å². The highest BCUT2D eigenvalue weighted by molar-refractivity contribution is 6.29. The lowest BCUT2D eigenvalue weighted by atomic mass is 10.0. The van der Waals surface area contributed by atoms with Crippen molar-refractivity contribution in [2.45, 2.75) is 33.1 Å². The minimum atomic E-state index is 0.0394. The Morgan fingerprint density at radius 2 is 2.21 bits per heavy atom. The molecule has 0 fully saturated rings.